The van der Waals surface area contributed by atoms with E-state index in [0.717, 1.165) is 18.9 Å². The fourth-order valence-electron chi connectivity index (χ4n) is 2.31. The lowest BCUT2D eigenvalue weighted by molar-refractivity contribution is 0.0836. The minimum absolute atomic E-state index is 0.183. The van der Waals surface area contributed by atoms with E-state index in [1.54, 1.807) is 0 Å². The number of aromatic amines is 1. The first-order valence-corrected chi connectivity index (χ1v) is 6.13. The van der Waals surface area contributed by atoms with Crippen molar-refractivity contribution in [3.63, 3.8) is 0 Å². The van der Waals surface area contributed by atoms with Crippen LogP contribution in [0.3, 0.4) is 0 Å². The van der Waals surface area contributed by atoms with Gasteiger partial charge in [-0.1, -0.05) is 0 Å². The van der Waals surface area contributed by atoms with Gasteiger partial charge >= 0.3 is 0 Å². The van der Waals surface area contributed by atoms with Gasteiger partial charge in [-0.3, -0.25) is 9.89 Å². The number of fused-ring (bicyclic) bond motifs is 1. The average molecular weight is 269 g/mol. The molecule has 0 unspecified atom stereocenters. The third-order valence-electron chi connectivity index (χ3n) is 3.36. The molecule has 1 N–H and O–H groups in total. The largest absolute Gasteiger partial charge is 0.381 e. The Bertz CT molecular complexity index is 644. The first kappa shape index (κ1) is 12.3. The summed E-state index contributed by atoms with van der Waals surface area (Å²) in [6, 6.07) is 2.18. The van der Waals surface area contributed by atoms with Crippen LogP contribution in [0.25, 0.3) is 5.65 Å². The number of H-pyrrole nitrogens is 1. The Kier molecular flexibility index (Phi) is 3.06. The molecule has 2 aromatic rings. The average Bonchev–Trinajstić information content (AvgIpc) is 2.84. The molecule has 5 nitrogen and oxygen atoms in total. The molecular formula is C12H13F2N3O2. The van der Waals surface area contributed by atoms with Crippen LogP contribution in [0.1, 0.15) is 36.6 Å². The van der Waals surface area contributed by atoms with Crippen LogP contribution in [0.5, 0.6) is 0 Å². The third-order valence-corrected chi connectivity index (χ3v) is 3.36. The Morgan fingerprint density at radius 1 is 1.37 bits per heavy atom. The number of ether oxygens (including phenoxy) is 1. The molecule has 1 fully saturated rings. The molecule has 0 atom stereocenters. The molecule has 3 rings (SSSR count). The Labute approximate surface area is 107 Å². The van der Waals surface area contributed by atoms with E-state index in [1.165, 1.54) is 10.6 Å². The van der Waals surface area contributed by atoms with E-state index >= 15 is 0 Å². The second-order valence-electron chi connectivity index (χ2n) is 4.62. The van der Waals surface area contributed by atoms with Gasteiger partial charge in [-0.2, -0.15) is 0 Å². The molecule has 1 aliphatic rings. The molecule has 0 aliphatic carbocycles. The Balaban J connectivity index is 2.04. The maximum Gasteiger partial charge on any atom is 0.271 e. The van der Waals surface area contributed by atoms with Crippen LogP contribution >= 0.6 is 0 Å². The third kappa shape index (κ3) is 2.25. The van der Waals surface area contributed by atoms with Crippen LogP contribution in [-0.4, -0.2) is 27.8 Å². The van der Waals surface area contributed by atoms with E-state index in [1.807, 2.05) is 0 Å². The summed E-state index contributed by atoms with van der Waals surface area (Å²) in [4.78, 5) is 16.0. The molecule has 19 heavy (non-hydrogen) atoms. The molecule has 0 amide bonds. The summed E-state index contributed by atoms with van der Waals surface area (Å²) in [6.45, 7) is 1.30. The van der Waals surface area contributed by atoms with Gasteiger partial charge in [0, 0.05) is 30.8 Å². The van der Waals surface area contributed by atoms with Gasteiger partial charge in [0.1, 0.15) is 5.82 Å². The molecule has 0 bridgehead atoms. The number of pyridine rings is 1. The number of aromatic nitrogens is 3. The highest BCUT2D eigenvalue weighted by Gasteiger charge is 2.20. The fraction of sp³-hybridized carbons (Fsp3) is 0.500. The summed E-state index contributed by atoms with van der Waals surface area (Å²) < 4.78 is 31.7. The van der Waals surface area contributed by atoms with Gasteiger partial charge in [-0.15, -0.1) is 0 Å². The molecule has 3 heterocycles. The molecule has 0 aromatic carbocycles. The van der Waals surface area contributed by atoms with E-state index in [-0.39, 0.29) is 17.1 Å². The van der Waals surface area contributed by atoms with Crippen LogP contribution in [0.4, 0.5) is 8.78 Å². The van der Waals surface area contributed by atoms with E-state index in [2.05, 4.69) is 10.1 Å². The quantitative estimate of drug-likeness (QED) is 0.905. The predicted molar refractivity (Wildman–Crippen MR) is 63.6 cm³/mol. The topological polar surface area (TPSA) is 59.4 Å². The number of hydrogen-bond donors (Lipinski definition) is 1. The van der Waals surface area contributed by atoms with Crippen molar-refractivity contribution >= 4 is 5.65 Å². The number of hydrogen-bond acceptors (Lipinski definition) is 3. The normalized spacial score (nSPS) is 17.4. The molecule has 0 radical (unpaired) electrons. The number of rotatable bonds is 2. The van der Waals surface area contributed by atoms with Crippen molar-refractivity contribution < 1.29 is 13.5 Å². The van der Waals surface area contributed by atoms with Gasteiger partial charge in [0.15, 0.2) is 5.65 Å². The second-order valence-corrected chi connectivity index (χ2v) is 4.62. The van der Waals surface area contributed by atoms with E-state index < -0.39 is 12.0 Å². The van der Waals surface area contributed by atoms with Gasteiger partial charge in [-0.25, -0.2) is 18.3 Å². The smallest absolute Gasteiger partial charge is 0.271 e. The molecule has 1 aliphatic heterocycles. The zero-order valence-corrected chi connectivity index (χ0v) is 10.1. The first-order chi connectivity index (χ1) is 9.15. The van der Waals surface area contributed by atoms with E-state index in [9.17, 15) is 13.6 Å². The maximum atomic E-state index is 12.6. The predicted octanol–water partition coefficient (Wildman–Crippen LogP) is 1.85. The van der Waals surface area contributed by atoms with Crippen molar-refractivity contribution in [1.82, 2.24) is 14.6 Å². The highest BCUT2D eigenvalue weighted by atomic mass is 19.3. The minimum Gasteiger partial charge on any atom is -0.381 e. The van der Waals surface area contributed by atoms with Crippen molar-refractivity contribution in [2.45, 2.75) is 25.2 Å². The van der Waals surface area contributed by atoms with Crippen LogP contribution < -0.4 is 5.56 Å². The number of nitrogens with one attached hydrogen (secondary N) is 1. The molecule has 1 saturated heterocycles. The molecule has 0 saturated carbocycles. The lowest BCUT2D eigenvalue weighted by Crippen LogP contribution is -2.16. The van der Waals surface area contributed by atoms with Crippen LogP contribution in [0.2, 0.25) is 0 Å². The van der Waals surface area contributed by atoms with Crippen molar-refractivity contribution in [2.24, 2.45) is 0 Å². The SMILES string of the molecule is O=c1cc(C(F)F)cc2nc(C3CCOCC3)[nH]n12. The summed E-state index contributed by atoms with van der Waals surface area (Å²) in [6.07, 6.45) is -1.03. The Morgan fingerprint density at radius 3 is 2.79 bits per heavy atom. The van der Waals surface area contributed by atoms with Crippen LogP contribution in [0, 0.1) is 0 Å². The van der Waals surface area contributed by atoms with Crippen molar-refractivity contribution in [3.8, 4) is 0 Å². The number of nitrogens with zero attached hydrogens (tertiary/aromatic N) is 2. The van der Waals surface area contributed by atoms with E-state index in [4.69, 9.17) is 4.74 Å². The fourth-order valence-corrected chi connectivity index (χ4v) is 2.31. The van der Waals surface area contributed by atoms with Crippen LogP contribution in [-0.2, 0) is 4.74 Å². The zero-order valence-electron chi connectivity index (χ0n) is 10.1. The van der Waals surface area contributed by atoms with E-state index in [0.29, 0.717) is 19.0 Å². The minimum atomic E-state index is -2.67. The summed E-state index contributed by atoms with van der Waals surface area (Å²) in [7, 11) is 0. The first-order valence-electron chi connectivity index (χ1n) is 6.13. The van der Waals surface area contributed by atoms with Gasteiger partial charge < -0.3 is 4.74 Å². The van der Waals surface area contributed by atoms with Gasteiger partial charge in [0.05, 0.1) is 0 Å². The summed E-state index contributed by atoms with van der Waals surface area (Å²) in [5, 5.41) is 2.89. The second kappa shape index (κ2) is 4.73. The highest BCUT2D eigenvalue weighted by Crippen LogP contribution is 2.25. The number of halogens is 2. The molecule has 102 valence electrons. The maximum absolute atomic E-state index is 12.6. The van der Waals surface area contributed by atoms with Crippen molar-refractivity contribution in [3.05, 3.63) is 33.9 Å². The standard InChI is InChI=1S/C12H13F2N3O2/c13-11(14)8-5-9-15-12(7-1-3-19-4-2-7)16-17(9)10(18)6-8/h5-7,11H,1-4H2,(H,15,16). The lowest BCUT2D eigenvalue weighted by Gasteiger charge is -2.19. The number of alkyl halides is 2. The summed E-state index contributed by atoms with van der Waals surface area (Å²) in [5.74, 6) is 0.842. The van der Waals surface area contributed by atoms with Crippen molar-refractivity contribution in [1.29, 1.82) is 0 Å². The van der Waals surface area contributed by atoms with Gasteiger partial charge in [0.25, 0.3) is 12.0 Å². The molecule has 2 aromatic heterocycles. The summed E-state index contributed by atoms with van der Waals surface area (Å²) in [5.41, 5.74) is -0.571. The Morgan fingerprint density at radius 2 is 2.11 bits per heavy atom. The lowest BCUT2D eigenvalue weighted by atomic mass is 10.00. The highest BCUT2D eigenvalue weighted by molar-refractivity contribution is 5.41. The molecular weight excluding hydrogens is 256 g/mol. The zero-order chi connectivity index (χ0) is 13.4. The van der Waals surface area contributed by atoms with Gasteiger partial charge in [0.2, 0.25) is 0 Å². The summed E-state index contributed by atoms with van der Waals surface area (Å²) >= 11 is 0. The Hall–Kier alpha value is -1.76. The molecule has 7 heteroatoms. The monoisotopic (exact) mass is 269 g/mol. The van der Waals surface area contributed by atoms with Crippen molar-refractivity contribution in [2.75, 3.05) is 13.2 Å². The van der Waals surface area contributed by atoms with Gasteiger partial charge in [-0.05, 0) is 18.9 Å². The van der Waals surface area contributed by atoms with Crippen LogP contribution in [0.15, 0.2) is 16.9 Å². The molecule has 0 spiro atoms.